The first-order chi connectivity index (χ1) is 31.9. The molecule has 3 rings (SSSR count). The van der Waals surface area contributed by atoms with Crippen LogP contribution in [0.25, 0.3) is 0 Å². The summed E-state index contributed by atoms with van der Waals surface area (Å²) < 4.78 is 57.8. The van der Waals surface area contributed by atoms with Gasteiger partial charge in [0.1, 0.15) is 89.0 Å². The summed E-state index contributed by atoms with van der Waals surface area (Å²) in [5.74, 6) is 0. The molecule has 2 aliphatic heterocycles. The molecule has 0 bridgehead atoms. The lowest BCUT2D eigenvalue weighted by Crippen LogP contribution is -2.71. The summed E-state index contributed by atoms with van der Waals surface area (Å²) in [5.41, 5.74) is -5.02. The van der Waals surface area contributed by atoms with Crippen LogP contribution >= 0.6 is 0 Å². The molecule has 3 fully saturated rings. The summed E-state index contributed by atoms with van der Waals surface area (Å²) in [6.07, 6.45) is -24.4. The van der Waals surface area contributed by atoms with E-state index in [-0.39, 0.29) is 19.6 Å². The van der Waals surface area contributed by atoms with Crippen molar-refractivity contribution in [2.45, 2.75) is 237 Å². The van der Waals surface area contributed by atoms with Gasteiger partial charge in [0.2, 0.25) is 0 Å². The first-order valence-electron chi connectivity index (χ1n) is 23.4. The van der Waals surface area contributed by atoms with Crippen molar-refractivity contribution in [1.82, 2.24) is 26.6 Å². The first kappa shape index (κ1) is 60.3. The SMILES string of the molecule is CCOCC1OC(OC2C(NC(=O)OC(C)(C)C)CC(NC(=O)OC(C)(C)C)C(OC3OC(CNC(=O)OC(C)(C)C)C(O)C(O)C3NC(=O)OC(C)(C)C)C2O)C(O)C(NC(=O)OC(C)(C)C)C1O. The fourth-order valence-electron chi connectivity index (χ4n) is 7.41. The van der Waals surface area contributed by atoms with Gasteiger partial charge < -0.3 is 99.5 Å². The number of aliphatic hydroxyl groups excluding tert-OH is 5. The van der Waals surface area contributed by atoms with Gasteiger partial charge in [0.15, 0.2) is 12.6 Å². The topological polar surface area (TPSA) is 339 Å². The Hall–Kier alpha value is -4.05. The van der Waals surface area contributed by atoms with Gasteiger partial charge in [-0.1, -0.05) is 0 Å². The van der Waals surface area contributed by atoms with Gasteiger partial charge in [-0.3, -0.25) is 0 Å². The molecule has 1 aliphatic carbocycles. The third-order valence-corrected chi connectivity index (χ3v) is 10.1. The molecule has 25 heteroatoms. The molecule has 0 aromatic rings. The second-order valence-corrected chi connectivity index (χ2v) is 22.4. The number of alkyl carbamates (subject to hydrolysis) is 5. The summed E-state index contributed by atoms with van der Waals surface area (Å²) in [6, 6.07) is -5.93. The number of hydrogen-bond donors (Lipinski definition) is 10. The molecule has 0 aromatic carbocycles. The molecule has 2 saturated heterocycles. The van der Waals surface area contributed by atoms with Crippen molar-refractivity contribution in [3.05, 3.63) is 0 Å². The van der Waals surface area contributed by atoms with Gasteiger partial charge in [0.05, 0.1) is 24.7 Å². The quantitative estimate of drug-likeness (QED) is 0.117. The normalized spacial score (nSPS) is 32.1. The molecule has 10 N–H and O–H groups in total. The standard InChI is InChI=1S/C45H81N5O20/c1-17-61-20-24-27(51)25(49-39(59)69-44(11,12)13)30(54)35(63-24)65-33-22(48-38(58)68-43(8,9)10)18-21(47-37(57)67-42(5,6)7)32(31(33)55)64-34-26(50-40(60)70-45(14,15)16)29(53)28(52)23(62-34)19-46-36(56)66-41(2,3)4/h21-35,51-55H,17-20H2,1-16H3,(H,46,56)(H,47,57)(H,48,58)(H,49,59)(H,50,60). The zero-order chi connectivity index (χ0) is 53.5. The molecule has 0 spiro atoms. The van der Waals surface area contributed by atoms with Crippen LogP contribution in [0.5, 0.6) is 0 Å². The summed E-state index contributed by atoms with van der Waals surface area (Å²) >= 11 is 0. The van der Waals surface area contributed by atoms with E-state index in [2.05, 4.69) is 26.6 Å². The second-order valence-electron chi connectivity index (χ2n) is 22.4. The maximum absolute atomic E-state index is 13.6. The number of amides is 5. The predicted octanol–water partition coefficient (Wildman–Crippen LogP) is 1.55. The molecule has 0 aromatic heterocycles. The fraction of sp³-hybridized carbons (Fsp3) is 0.889. The van der Waals surface area contributed by atoms with Gasteiger partial charge in [-0.25, -0.2) is 24.0 Å². The van der Waals surface area contributed by atoms with Gasteiger partial charge in [0.25, 0.3) is 0 Å². The molecule has 406 valence electrons. The van der Waals surface area contributed by atoms with E-state index in [9.17, 15) is 49.5 Å². The van der Waals surface area contributed by atoms with Crippen LogP contribution in [0.1, 0.15) is 117 Å². The monoisotopic (exact) mass is 1010 g/mol. The molecule has 70 heavy (non-hydrogen) atoms. The third-order valence-electron chi connectivity index (χ3n) is 10.1. The Balaban J connectivity index is 2.20. The van der Waals surface area contributed by atoms with Gasteiger partial charge in [-0.05, 0) is 117 Å². The molecule has 3 aliphatic rings. The zero-order valence-corrected chi connectivity index (χ0v) is 43.3. The lowest BCUT2D eigenvalue weighted by Gasteiger charge is -2.50. The Morgan fingerprint density at radius 1 is 0.471 bits per heavy atom. The minimum atomic E-state index is -2.02. The van der Waals surface area contributed by atoms with Crippen molar-refractivity contribution < 1.29 is 96.9 Å². The van der Waals surface area contributed by atoms with Crippen molar-refractivity contribution in [2.24, 2.45) is 0 Å². The highest BCUT2D eigenvalue weighted by Gasteiger charge is 2.55. The highest BCUT2D eigenvalue weighted by molar-refractivity contribution is 5.70. The summed E-state index contributed by atoms with van der Waals surface area (Å²) in [7, 11) is 0. The summed E-state index contributed by atoms with van der Waals surface area (Å²) in [6.45, 7) is 25.2. The molecule has 1 saturated carbocycles. The van der Waals surface area contributed by atoms with Crippen LogP contribution in [-0.4, -0.2) is 195 Å². The Kier molecular flexibility index (Phi) is 20.8. The van der Waals surface area contributed by atoms with Crippen LogP contribution in [0.15, 0.2) is 0 Å². The third kappa shape index (κ3) is 19.5. The predicted molar refractivity (Wildman–Crippen MR) is 245 cm³/mol. The van der Waals surface area contributed by atoms with E-state index in [1.807, 2.05) is 0 Å². The molecule has 15 unspecified atom stereocenters. The van der Waals surface area contributed by atoms with Crippen LogP contribution in [0.2, 0.25) is 0 Å². The average Bonchev–Trinajstić information content (AvgIpc) is 3.15. The van der Waals surface area contributed by atoms with E-state index >= 15 is 0 Å². The minimum absolute atomic E-state index is 0.176. The number of ether oxygens (including phenoxy) is 10. The Morgan fingerprint density at radius 3 is 1.29 bits per heavy atom. The van der Waals surface area contributed by atoms with E-state index in [0.29, 0.717) is 0 Å². The van der Waals surface area contributed by atoms with Crippen molar-refractivity contribution in [3.8, 4) is 0 Å². The van der Waals surface area contributed by atoms with Crippen LogP contribution < -0.4 is 26.6 Å². The molecule has 15 atom stereocenters. The molecular formula is C45H81N5O20. The van der Waals surface area contributed by atoms with Crippen LogP contribution in [0.3, 0.4) is 0 Å². The van der Waals surface area contributed by atoms with Crippen LogP contribution in [0.4, 0.5) is 24.0 Å². The molecular weight excluding hydrogens is 931 g/mol. The lowest BCUT2D eigenvalue weighted by molar-refractivity contribution is -0.323. The highest BCUT2D eigenvalue weighted by atomic mass is 16.7. The maximum Gasteiger partial charge on any atom is 0.408 e. The number of rotatable bonds is 13. The van der Waals surface area contributed by atoms with Gasteiger partial charge in [-0.15, -0.1) is 0 Å². The van der Waals surface area contributed by atoms with Crippen molar-refractivity contribution >= 4 is 30.5 Å². The maximum atomic E-state index is 13.6. The Labute approximate surface area is 409 Å². The van der Waals surface area contributed by atoms with E-state index in [1.165, 1.54) is 0 Å². The number of nitrogens with one attached hydrogen (secondary N) is 5. The van der Waals surface area contributed by atoms with Crippen molar-refractivity contribution in [3.63, 3.8) is 0 Å². The number of carbonyl (C=O) groups is 5. The van der Waals surface area contributed by atoms with Crippen molar-refractivity contribution in [1.29, 1.82) is 0 Å². The smallest absolute Gasteiger partial charge is 0.408 e. The van der Waals surface area contributed by atoms with E-state index < -0.39 is 157 Å². The van der Waals surface area contributed by atoms with E-state index in [0.717, 1.165) is 0 Å². The van der Waals surface area contributed by atoms with E-state index in [1.54, 1.807) is 111 Å². The van der Waals surface area contributed by atoms with Crippen LogP contribution in [0, 0.1) is 0 Å². The number of carbonyl (C=O) groups excluding carboxylic acids is 5. The Bertz CT molecular complexity index is 1740. The summed E-state index contributed by atoms with van der Waals surface area (Å²) in [4.78, 5) is 66.1. The van der Waals surface area contributed by atoms with Crippen molar-refractivity contribution in [2.75, 3.05) is 19.8 Å². The first-order valence-corrected chi connectivity index (χ1v) is 23.4. The van der Waals surface area contributed by atoms with Crippen LogP contribution in [-0.2, 0) is 47.4 Å². The Morgan fingerprint density at radius 2 is 0.857 bits per heavy atom. The number of aliphatic hydroxyl groups is 5. The average molecular weight is 1010 g/mol. The molecule has 25 nitrogen and oxygen atoms in total. The van der Waals surface area contributed by atoms with Gasteiger partial charge in [0, 0.05) is 13.2 Å². The summed E-state index contributed by atoms with van der Waals surface area (Å²) in [5, 5.41) is 71.4. The molecule has 0 radical (unpaired) electrons. The van der Waals surface area contributed by atoms with Gasteiger partial charge in [-0.2, -0.15) is 0 Å². The fourth-order valence-corrected chi connectivity index (χ4v) is 7.41. The molecule has 5 amide bonds. The largest absolute Gasteiger partial charge is 0.444 e. The lowest BCUT2D eigenvalue weighted by atomic mass is 9.83. The molecule has 2 heterocycles. The highest BCUT2D eigenvalue weighted by Crippen LogP contribution is 2.34. The second kappa shape index (κ2) is 24.1. The number of hydrogen-bond acceptors (Lipinski definition) is 20. The van der Waals surface area contributed by atoms with E-state index in [4.69, 9.17) is 47.4 Å². The minimum Gasteiger partial charge on any atom is -0.444 e. The van der Waals surface area contributed by atoms with Gasteiger partial charge >= 0.3 is 30.5 Å². The zero-order valence-electron chi connectivity index (χ0n) is 43.3.